The lowest BCUT2D eigenvalue weighted by Gasteiger charge is -2.19. The average Bonchev–Trinajstić information content (AvgIpc) is 2.71. The van der Waals surface area contributed by atoms with Crippen molar-refractivity contribution in [2.75, 3.05) is 6.61 Å². The molecule has 0 N–H and O–H groups in total. The number of hydrogen-bond acceptors (Lipinski definition) is 2. The number of rotatable bonds is 10. The van der Waals surface area contributed by atoms with E-state index >= 15 is 0 Å². The van der Waals surface area contributed by atoms with E-state index in [0.717, 1.165) is 24.8 Å². The van der Waals surface area contributed by atoms with Crippen LogP contribution in [0.25, 0.3) is 0 Å². The standard InChI is InChI=1S/C24H28O2.C2H6/c1-4-8-21-10-6-7-11-23(21)22(9-5-2)16-17-26-24(25)18-20-14-12-19(3)13-15-20;1-2/h4-7,10-15,22H,1-2,8-9,16-18H2,3H3;1-2H3. The predicted molar refractivity (Wildman–Crippen MR) is 120 cm³/mol. The molecule has 2 nitrogen and oxygen atoms in total. The van der Waals surface area contributed by atoms with Gasteiger partial charge in [0.2, 0.25) is 0 Å². The highest BCUT2D eigenvalue weighted by Gasteiger charge is 2.14. The van der Waals surface area contributed by atoms with Gasteiger partial charge in [0, 0.05) is 0 Å². The Bertz CT molecular complexity index is 728. The molecule has 1 atom stereocenters. The SMILES string of the molecule is C=CCc1ccccc1C(CC=C)CCOC(=O)Cc1ccc(C)cc1.CC. The first-order valence-electron chi connectivity index (χ1n) is 10.1. The Morgan fingerprint density at radius 3 is 2.36 bits per heavy atom. The van der Waals surface area contributed by atoms with Gasteiger partial charge >= 0.3 is 5.97 Å². The molecule has 0 saturated carbocycles. The molecule has 0 bridgehead atoms. The molecule has 0 heterocycles. The average molecular weight is 379 g/mol. The van der Waals surface area contributed by atoms with E-state index < -0.39 is 0 Å². The fourth-order valence-corrected chi connectivity index (χ4v) is 3.11. The van der Waals surface area contributed by atoms with E-state index in [-0.39, 0.29) is 5.97 Å². The van der Waals surface area contributed by atoms with E-state index in [1.165, 1.54) is 16.7 Å². The number of benzene rings is 2. The van der Waals surface area contributed by atoms with Crippen molar-refractivity contribution in [2.24, 2.45) is 0 Å². The lowest BCUT2D eigenvalue weighted by atomic mass is 9.88. The van der Waals surface area contributed by atoms with Crippen LogP contribution in [0.15, 0.2) is 73.8 Å². The van der Waals surface area contributed by atoms with Gasteiger partial charge in [-0.1, -0.05) is 80.1 Å². The quantitative estimate of drug-likeness (QED) is 0.344. The highest BCUT2D eigenvalue weighted by Crippen LogP contribution is 2.27. The molecule has 0 radical (unpaired) electrons. The van der Waals surface area contributed by atoms with Crippen LogP contribution in [0.3, 0.4) is 0 Å². The molecule has 2 aromatic carbocycles. The summed E-state index contributed by atoms with van der Waals surface area (Å²) in [5, 5.41) is 0. The zero-order valence-electron chi connectivity index (χ0n) is 17.6. The summed E-state index contributed by atoms with van der Waals surface area (Å²) in [6, 6.07) is 16.4. The van der Waals surface area contributed by atoms with Crippen LogP contribution in [0.2, 0.25) is 0 Å². The van der Waals surface area contributed by atoms with Crippen LogP contribution in [-0.4, -0.2) is 12.6 Å². The molecule has 0 aromatic heterocycles. The topological polar surface area (TPSA) is 26.3 Å². The van der Waals surface area contributed by atoms with Crippen molar-refractivity contribution in [3.63, 3.8) is 0 Å². The minimum Gasteiger partial charge on any atom is -0.465 e. The first-order chi connectivity index (χ1) is 13.6. The number of aryl methyl sites for hydroxylation is 1. The smallest absolute Gasteiger partial charge is 0.310 e. The summed E-state index contributed by atoms with van der Waals surface area (Å²) in [6.45, 7) is 14.2. The number of allylic oxidation sites excluding steroid dienone is 2. The molecule has 1 unspecified atom stereocenters. The van der Waals surface area contributed by atoms with E-state index in [9.17, 15) is 4.79 Å². The van der Waals surface area contributed by atoms with E-state index in [0.29, 0.717) is 18.9 Å². The second-order valence-electron chi connectivity index (χ2n) is 6.58. The second kappa shape index (κ2) is 13.5. The first-order valence-corrected chi connectivity index (χ1v) is 10.1. The molecule has 2 rings (SSSR count). The van der Waals surface area contributed by atoms with Gasteiger partial charge in [0.25, 0.3) is 0 Å². The van der Waals surface area contributed by atoms with Crippen LogP contribution in [0.4, 0.5) is 0 Å². The van der Waals surface area contributed by atoms with E-state index in [1.54, 1.807) is 0 Å². The number of carbonyl (C=O) groups excluding carboxylic acids is 1. The maximum absolute atomic E-state index is 12.1. The van der Waals surface area contributed by atoms with Crippen molar-refractivity contribution in [1.82, 2.24) is 0 Å². The molecule has 0 fully saturated rings. The zero-order valence-corrected chi connectivity index (χ0v) is 17.6. The summed E-state index contributed by atoms with van der Waals surface area (Å²) in [4.78, 5) is 12.1. The van der Waals surface area contributed by atoms with Crippen molar-refractivity contribution in [1.29, 1.82) is 0 Å². The van der Waals surface area contributed by atoms with Crippen molar-refractivity contribution in [2.45, 2.75) is 52.4 Å². The Labute approximate surface area is 170 Å². The lowest BCUT2D eigenvalue weighted by Crippen LogP contribution is -2.12. The van der Waals surface area contributed by atoms with Crippen molar-refractivity contribution in [3.8, 4) is 0 Å². The van der Waals surface area contributed by atoms with Gasteiger partial charge in [-0.05, 0) is 48.8 Å². The van der Waals surface area contributed by atoms with Crippen molar-refractivity contribution >= 4 is 5.97 Å². The Hall–Kier alpha value is -2.61. The normalized spacial score (nSPS) is 11.0. The minimum atomic E-state index is -0.175. The molecule has 0 spiro atoms. The van der Waals surface area contributed by atoms with Crippen LogP contribution in [0, 0.1) is 6.92 Å². The molecule has 0 aliphatic heterocycles. The summed E-state index contributed by atoms with van der Waals surface area (Å²) in [5.74, 6) is 0.126. The molecular formula is C26H34O2. The number of esters is 1. The van der Waals surface area contributed by atoms with Gasteiger partial charge in [0.1, 0.15) is 0 Å². The third-order valence-electron chi connectivity index (χ3n) is 4.51. The van der Waals surface area contributed by atoms with Gasteiger partial charge in [0.05, 0.1) is 13.0 Å². The fourth-order valence-electron chi connectivity index (χ4n) is 3.11. The molecule has 150 valence electrons. The lowest BCUT2D eigenvalue weighted by molar-refractivity contribution is -0.143. The third kappa shape index (κ3) is 7.96. The van der Waals surface area contributed by atoms with Crippen LogP contribution >= 0.6 is 0 Å². The van der Waals surface area contributed by atoms with Gasteiger partial charge < -0.3 is 4.74 Å². The van der Waals surface area contributed by atoms with Crippen LogP contribution in [-0.2, 0) is 22.4 Å². The summed E-state index contributed by atoms with van der Waals surface area (Å²) >= 11 is 0. The first kappa shape index (κ1) is 23.4. The molecule has 0 aliphatic rings. The van der Waals surface area contributed by atoms with Crippen LogP contribution < -0.4 is 0 Å². The Morgan fingerprint density at radius 1 is 1.04 bits per heavy atom. The zero-order chi connectivity index (χ0) is 20.8. The molecule has 2 heteroatoms. The number of hydrogen-bond donors (Lipinski definition) is 0. The van der Waals surface area contributed by atoms with Gasteiger partial charge in [-0.15, -0.1) is 13.2 Å². The second-order valence-corrected chi connectivity index (χ2v) is 6.58. The molecule has 0 aliphatic carbocycles. The number of carbonyl (C=O) groups is 1. The summed E-state index contributed by atoms with van der Waals surface area (Å²) in [5.41, 5.74) is 4.74. The maximum Gasteiger partial charge on any atom is 0.310 e. The van der Waals surface area contributed by atoms with Gasteiger partial charge in [-0.25, -0.2) is 0 Å². The Balaban J connectivity index is 0.00000190. The summed E-state index contributed by atoms with van der Waals surface area (Å²) in [6.07, 6.45) is 6.68. The van der Waals surface area contributed by atoms with Crippen LogP contribution in [0.5, 0.6) is 0 Å². The van der Waals surface area contributed by atoms with Crippen molar-refractivity contribution in [3.05, 3.63) is 96.1 Å². The van der Waals surface area contributed by atoms with Gasteiger partial charge in [-0.2, -0.15) is 0 Å². The molecule has 28 heavy (non-hydrogen) atoms. The maximum atomic E-state index is 12.1. The highest BCUT2D eigenvalue weighted by atomic mass is 16.5. The molecule has 0 saturated heterocycles. The summed E-state index contributed by atoms with van der Waals surface area (Å²) in [7, 11) is 0. The molecule has 2 aromatic rings. The predicted octanol–water partition coefficient (Wildman–Crippen LogP) is 6.59. The Kier molecular flexibility index (Phi) is 11.3. The minimum absolute atomic E-state index is 0.175. The summed E-state index contributed by atoms with van der Waals surface area (Å²) < 4.78 is 5.48. The van der Waals surface area contributed by atoms with Crippen molar-refractivity contribution < 1.29 is 9.53 Å². The molecule has 0 amide bonds. The third-order valence-corrected chi connectivity index (χ3v) is 4.51. The Morgan fingerprint density at radius 2 is 1.71 bits per heavy atom. The molecular weight excluding hydrogens is 344 g/mol. The van der Waals surface area contributed by atoms with E-state index in [2.05, 4.69) is 37.4 Å². The van der Waals surface area contributed by atoms with Gasteiger partial charge in [-0.3, -0.25) is 4.79 Å². The van der Waals surface area contributed by atoms with E-state index in [4.69, 9.17) is 4.74 Å². The van der Waals surface area contributed by atoms with E-state index in [1.807, 2.05) is 57.2 Å². The highest BCUT2D eigenvalue weighted by molar-refractivity contribution is 5.72. The number of ether oxygens (including phenoxy) is 1. The van der Waals surface area contributed by atoms with Crippen LogP contribution in [0.1, 0.15) is 54.9 Å². The monoisotopic (exact) mass is 378 g/mol. The fraction of sp³-hybridized carbons (Fsp3) is 0.346. The largest absolute Gasteiger partial charge is 0.465 e. The van der Waals surface area contributed by atoms with Gasteiger partial charge in [0.15, 0.2) is 0 Å².